The third-order valence-corrected chi connectivity index (χ3v) is 3.98. The number of alkyl halides is 3. The van der Waals surface area contributed by atoms with Crippen molar-refractivity contribution in [2.45, 2.75) is 50.6 Å². The third-order valence-electron chi connectivity index (χ3n) is 2.62. The van der Waals surface area contributed by atoms with Crippen LogP contribution in [0.5, 0.6) is 0 Å². The van der Waals surface area contributed by atoms with E-state index < -0.39 is 34.3 Å². The van der Waals surface area contributed by atoms with Crippen molar-refractivity contribution in [3.05, 3.63) is 0 Å². The number of hydrogen-bond acceptors (Lipinski definition) is 3. The second kappa shape index (κ2) is 5.79. The molecule has 3 nitrogen and oxygen atoms in total. The number of hydrogen-bond donors (Lipinski definition) is 0. The monoisotopic (exact) mass is 285 g/mol. The highest BCUT2D eigenvalue weighted by atomic mass is 32.2. The van der Waals surface area contributed by atoms with Gasteiger partial charge in [0.1, 0.15) is 16.1 Å². The van der Waals surface area contributed by atoms with Gasteiger partial charge in [-0.1, -0.05) is 4.40 Å². The van der Waals surface area contributed by atoms with Crippen molar-refractivity contribution in [2.24, 2.45) is 10.3 Å². The highest BCUT2D eigenvalue weighted by Gasteiger charge is 2.42. The lowest BCUT2D eigenvalue weighted by Crippen LogP contribution is -2.36. The topological polar surface area (TPSA) is 44.7 Å². The van der Waals surface area contributed by atoms with Crippen LogP contribution in [0.25, 0.3) is 0 Å². The molecule has 0 aromatic rings. The minimum Gasteiger partial charge on any atom is -0.591 e. The van der Waals surface area contributed by atoms with E-state index in [0.717, 1.165) is 0 Å². The summed E-state index contributed by atoms with van der Waals surface area (Å²) in [6.45, 7) is 4.99. The van der Waals surface area contributed by atoms with Gasteiger partial charge in [0.25, 0.3) is 0 Å². The molecule has 0 aromatic carbocycles. The van der Waals surface area contributed by atoms with Crippen molar-refractivity contribution in [3.63, 3.8) is 0 Å². The molecule has 1 aliphatic heterocycles. The van der Waals surface area contributed by atoms with Gasteiger partial charge in [-0.05, 0) is 33.6 Å². The minimum atomic E-state index is -4.20. The first-order valence-corrected chi connectivity index (χ1v) is 6.86. The second-order valence-corrected chi connectivity index (χ2v) is 7.24. The van der Waals surface area contributed by atoms with Crippen LogP contribution in [0, 0.1) is 5.92 Å². The molecule has 0 aliphatic carbocycles. The molecule has 0 spiro atoms. The van der Waals surface area contributed by atoms with Gasteiger partial charge >= 0.3 is 6.18 Å². The fourth-order valence-electron chi connectivity index (χ4n) is 1.43. The summed E-state index contributed by atoms with van der Waals surface area (Å²) in [6.07, 6.45) is -3.00. The Bertz CT molecular complexity index is 294. The van der Waals surface area contributed by atoms with E-state index in [2.05, 4.69) is 4.40 Å². The van der Waals surface area contributed by atoms with E-state index in [1.54, 1.807) is 20.8 Å². The Kier molecular flexibility index (Phi) is 5.08. The minimum absolute atomic E-state index is 0.0301. The molecule has 0 aromatic heterocycles. The molecule has 106 valence electrons. The number of nitrogens with zero attached hydrogens (tertiary/aromatic N) is 1. The van der Waals surface area contributed by atoms with Gasteiger partial charge < -0.3 is 9.29 Å². The van der Waals surface area contributed by atoms with Crippen molar-refractivity contribution in [1.82, 2.24) is 0 Å². The van der Waals surface area contributed by atoms with Crippen LogP contribution in [0.1, 0.15) is 33.6 Å². The molecular formula is C11H18F3NO2S. The Morgan fingerprint density at radius 1 is 1.28 bits per heavy atom. The summed E-state index contributed by atoms with van der Waals surface area (Å²) < 4.78 is 57.2. The Hall–Kier alpha value is -0.270. The van der Waals surface area contributed by atoms with Crippen LogP contribution in [0.15, 0.2) is 4.40 Å². The quantitative estimate of drug-likeness (QED) is 0.578. The Morgan fingerprint density at radius 2 is 1.89 bits per heavy atom. The lowest BCUT2D eigenvalue weighted by atomic mass is 9.98. The molecule has 0 amide bonds. The molecule has 0 radical (unpaired) electrons. The Labute approximate surface area is 108 Å². The van der Waals surface area contributed by atoms with Crippen molar-refractivity contribution in [3.8, 4) is 0 Å². The molecular weight excluding hydrogens is 267 g/mol. The van der Waals surface area contributed by atoms with Crippen LogP contribution in [-0.4, -0.2) is 34.4 Å². The Morgan fingerprint density at radius 3 is 2.28 bits per heavy atom. The molecule has 0 N–H and O–H groups in total. The summed E-state index contributed by atoms with van der Waals surface area (Å²) in [5.74, 6) is -1.39. The first kappa shape index (κ1) is 15.8. The lowest BCUT2D eigenvalue weighted by molar-refractivity contribution is -0.202. The largest absolute Gasteiger partial charge is 0.591 e. The predicted octanol–water partition coefficient (Wildman–Crippen LogP) is 2.88. The normalized spacial score (nSPS) is 28.6. The van der Waals surface area contributed by atoms with Gasteiger partial charge in [0.2, 0.25) is 0 Å². The molecule has 7 heteroatoms. The molecule has 1 rings (SSSR count). The zero-order chi connectivity index (χ0) is 14.0. The first-order chi connectivity index (χ1) is 8.10. The summed E-state index contributed by atoms with van der Waals surface area (Å²) >= 11 is -1.40. The molecule has 18 heavy (non-hydrogen) atoms. The summed E-state index contributed by atoms with van der Waals surface area (Å²) in [7, 11) is 0. The number of ether oxygens (including phenoxy) is 1. The molecule has 1 heterocycles. The SMILES string of the molecule is CC(C)(C)[S+]([O-])N=CC1CCC(C(F)(F)F)CO1. The second-order valence-electron chi connectivity index (χ2n) is 5.30. The first-order valence-electron chi connectivity index (χ1n) is 5.75. The van der Waals surface area contributed by atoms with Gasteiger partial charge in [0.15, 0.2) is 0 Å². The zero-order valence-corrected chi connectivity index (χ0v) is 11.5. The predicted molar refractivity (Wildman–Crippen MR) is 64.9 cm³/mol. The maximum atomic E-state index is 12.4. The molecule has 3 atom stereocenters. The van der Waals surface area contributed by atoms with Crippen LogP contribution < -0.4 is 0 Å². The molecule has 0 saturated carbocycles. The number of rotatable bonds is 2. The summed E-state index contributed by atoms with van der Waals surface area (Å²) in [6, 6.07) is 0. The fourth-order valence-corrected chi connectivity index (χ4v) is 1.99. The van der Waals surface area contributed by atoms with E-state index >= 15 is 0 Å². The van der Waals surface area contributed by atoms with Crippen LogP contribution in [0.2, 0.25) is 0 Å². The van der Waals surface area contributed by atoms with E-state index in [4.69, 9.17) is 4.74 Å². The van der Waals surface area contributed by atoms with Crippen LogP contribution in [0.4, 0.5) is 13.2 Å². The maximum absolute atomic E-state index is 12.4. The molecule has 1 aliphatic rings. The van der Waals surface area contributed by atoms with Gasteiger partial charge in [-0.25, -0.2) is 0 Å². The summed E-state index contributed by atoms with van der Waals surface area (Å²) in [5, 5.41) is 0. The van der Waals surface area contributed by atoms with Crippen LogP contribution in [-0.2, 0) is 16.1 Å². The maximum Gasteiger partial charge on any atom is 0.394 e. The zero-order valence-electron chi connectivity index (χ0n) is 10.7. The van der Waals surface area contributed by atoms with Crippen LogP contribution >= 0.6 is 0 Å². The summed E-state index contributed by atoms with van der Waals surface area (Å²) in [5.41, 5.74) is 0. The average Bonchev–Trinajstić information content (AvgIpc) is 2.24. The molecule has 1 fully saturated rings. The van der Waals surface area contributed by atoms with E-state index in [9.17, 15) is 17.7 Å². The van der Waals surface area contributed by atoms with Crippen LogP contribution in [0.3, 0.4) is 0 Å². The van der Waals surface area contributed by atoms with Gasteiger partial charge in [-0.15, -0.1) is 0 Å². The van der Waals surface area contributed by atoms with Crippen molar-refractivity contribution < 1.29 is 22.5 Å². The Balaban J connectivity index is 2.43. The highest BCUT2D eigenvalue weighted by molar-refractivity contribution is 7.91. The smallest absolute Gasteiger partial charge is 0.394 e. The standard InChI is InChI=1S/C11H18F3NO2S/c1-10(2,3)18(16)15-6-9-5-4-8(7-17-9)11(12,13)14/h6,8-9H,4-5,7H2,1-3H3. The van der Waals surface area contributed by atoms with Crippen molar-refractivity contribution in [1.29, 1.82) is 0 Å². The van der Waals surface area contributed by atoms with E-state index in [-0.39, 0.29) is 19.4 Å². The summed E-state index contributed by atoms with van der Waals surface area (Å²) in [4.78, 5) is 0. The van der Waals surface area contributed by atoms with Gasteiger partial charge in [0, 0.05) is 0 Å². The van der Waals surface area contributed by atoms with E-state index in [0.29, 0.717) is 0 Å². The molecule has 1 saturated heterocycles. The average molecular weight is 285 g/mol. The molecule has 0 bridgehead atoms. The number of halogens is 3. The lowest BCUT2D eigenvalue weighted by Gasteiger charge is -2.28. The van der Waals surface area contributed by atoms with E-state index in [1.807, 2.05) is 0 Å². The van der Waals surface area contributed by atoms with Crippen molar-refractivity contribution >= 4 is 17.6 Å². The van der Waals surface area contributed by atoms with Gasteiger partial charge in [-0.3, -0.25) is 0 Å². The fraction of sp³-hybridized carbons (Fsp3) is 0.909. The third kappa shape index (κ3) is 4.78. The van der Waals surface area contributed by atoms with E-state index in [1.165, 1.54) is 6.21 Å². The van der Waals surface area contributed by atoms with Gasteiger partial charge in [0.05, 0.1) is 24.8 Å². The van der Waals surface area contributed by atoms with Crippen molar-refractivity contribution in [2.75, 3.05) is 6.61 Å². The van der Waals surface area contributed by atoms with Gasteiger partial charge in [-0.2, -0.15) is 13.2 Å². The molecule has 3 unspecified atom stereocenters. The highest BCUT2D eigenvalue weighted by Crippen LogP contribution is 2.33.